The molecule has 0 spiro atoms. The highest BCUT2D eigenvalue weighted by Crippen LogP contribution is 2.53. The summed E-state index contributed by atoms with van der Waals surface area (Å²) in [5, 5.41) is 0. The summed E-state index contributed by atoms with van der Waals surface area (Å²) in [6, 6.07) is 0. The molecule has 6 rings (SSSR count). The van der Waals surface area contributed by atoms with Crippen molar-refractivity contribution in [2.75, 3.05) is 6.61 Å². The Bertz CT molecular complexity index is 724. The van der Waals surface area contributed by atoms with Crippen molar-refractivity contribution in [1.82, 2.24) is 4.57 Å². The molecule has 0 radical (unpaired) electrons. The number of aromatic nitrogens is 1. The predicted octanol–water partition coefficient (Wildman–Crippen LogP) is 3.20. The van der Waals surface area contributed by atoms with Gasteiger partial charge in [-0.05, 0) is 70.1 Å². The van der Waals surface area contributed by atoms with Crippen LogP contribution in [0.3, 0.4) is 0 Å². The quantitative estimate of drug-likeness (QED) is 0.814. The molecular weight excluding hydrogens is 348 g/mol. The minimum Gasteiger partial charge on any atom is -0.376 e. The van der Waals surface area contributed by atoms with Gasteiger partial charge in [-0.3, -0.25) is 4.79 Å². The Balaban J connectivity index is 1.41. The molecule has 1 aromatic rings. The maximum Gasteiger partial charge on any atom is 0.280 e. The van der Waals surface area contributed by atoms with Crippen LogP contribution in [0.1, 0.15) is 56.2 Å². The van der Waals surface area contributed by atoms with E-state index in [2.05, 4.69) is 22.7 Å². The van der Waals surface area contributed by atoms with E-state index in [1.165, 1.54) is 17.7 Å². The largest absolute Gasteiger partial charge is 0.376 e. The third-order valence-electron chi connectivity index (χ3n) is 6.59. The van der Waals surface area contributed by atoms with Gasteiger partial charge in [0.15, 0.2) is 4.80 Å². The lowest BCUT2D eigenvalue weighted by Gasteiger charge is -2.54. The van der Waals surface area contributed by atoms with E-state index in [-0.39, 0.29) is 18.1 Å². The van der Waals surface area contributed by atoms with E-state index < -0.39 is 5.60 Å². The summed E-state index contributed by atoms with van der Waals surface area (Å²) in [6.07, 6.45) is 11.4. The molecule has 3 saturated heterocycles. The summed E-state index contributed by atoms with van der Waals surface area (Å²) in [4.78, 5) is 19.8. The van der Waals surface area contributed by atoms with Gasteiger partial charge >= 0.3 is 0 Å². The number of aryl methyl sites for hydroxylation is 1. The highest BCUT2D eigenvalue weighted by Gasteiger charge is 2.56. The SMILES string of the molecule is Cc1cn(CC2CCCCO2)c(=NC(=O)C23CC4CC(CC(C4)O2)C3)s1. The molecule has 2 aliphatic carbocycles. The third kappa shape index (κ3) is 3.10. The fourth-order valence-corrected chi connectivity index (χ4v) is 6.51. The molecule has 1 aromatic heterocycles. The highest BCUT2D eigenvalue weighted by molar-refractivity contribution is 7.09. The van der Waals surface area contributed by atoms with Gasteiger partial charge in [-0.2, -0.15) is 4.99 Å². The number of amides is 1. The van der Waals surface area contributed by atoms with E-state index in [9.17, 15) is 4.79 Å². The second-order valence-corrected chi connectivity index (χ2v) is 9.98. The lowest BCUT2D eigenvalue weighted by Crippen LogP contribution is -2.58. The van der Waals surface area contributed by atoms with Crippen molar-refractivity contribution in [1.29, 1.82) is 0 Å². The zero-order chi connectivity index (χ0) is 17.7. The van der Waals surface area contributed by atoms with Crippen LogP contribution in [0.15, 0.2) is 11.2 Å². The van der Waals surface area contributed by atoms with Gasteiger partial charge in [-0.25, -0.2) is 0 Å². The third-order valence-corrected chi connectivity index (χ3v) is 7.52. The molecule has 142 valence electrons. The Labute approximate surface area is 158 Å². The number of ether oxygens (including phenoxy) is 2. The second-order valence-electron chi connectivity index (χ2n) is 8.76. The van der Waals surface area contributed by atoms with Crippen molar-refractivity contribution in [2.24, 2.45) is 16.8 Å². The van der Waals surface area contributed by atoms with Crippen molar-refractivity contribution in [3.63, 3.8) is 0 Å². The van der Waals surface area contributed by atoms with Crippen molar-refractivity contribution >= 4 is 17.2 Å². The zero-order valence-corrected chi connectivity index (χ0v) is 16.3. The summed E-state index contributed by atoms with van der Waals surface area (Å²) in [7, 11) is 0. The topological polar surface area (TPSA) is 52.8 Å². The fraction of sp³-hybridized carbons (Fsp3) is 0.800. The van der Waals surface area contributed by atoms with Crippen molar-refractivity contribution in [3.8, 4) is 0 Å². The molecule has 5 aliphatic rings. The minimum absolute atomic E-state index is 0.0447. The van der Waals surface area contributed by atoms with Crippen LogP contribution in [-0.2, 0) is 20.8 Å². The van der Waals surface area contributed by atoms with Gasteiger partial charge in [0.1, 0.15) is 5.60 Å². The molecule has 5 nitrogen and oxygen atoms in total. The van der Waals surface area contributed by atoms with E-state index >= 15 is 0 Å². The summed E-state index contributed by atoms with van der Waals surface area (Å²) in [5.74, 6) is 1.28. The molecule has 5 fully saturated rings. The van der Waals surface area contributed by atoms with Crippen LogP contribution in [0.5, 0.6) is 0 Å². The fourth-order valence-electron chi connectivity index (χ4n) is 5.67. The van der Waals surface area contributed by atoms with Gasteiger partial charge in [0.2, 0.25) is 0 Å². The van der Waals surface area contributed by atoms with Crippen molar-refractivity contribution in [2.45, 2.75) is 82.6 Å². The maximum absolute atomic E-state index is 13.2. The average molecular weight is 377 g/mol. The lowest BCUT2D eigenvalue weighted by molar-refractivity contribution is -0.216. The average Bonchev–Trinajstić information content (AvgIpc) is 2.93. The van der Waals surface area contributed by atoms with E-state index in [1.807, 2.05) is 0 Å². The van der Waals surface area contributed by atoms with E-state index in [0.29, 0.717) is 11.8 Å². The summed E-state index contributed by atoms with van der Waals surface area (Å²) < 4.78 is 14.3. The number of nitrogens with zero attached hydrogens (tertiary/aromatic N) is 2. The molecule has 0 N–H and O–H groups in total. The first kappa shape index (κ1) is 17.1. The molecule has 3 unspecified atom stereocenters. The molecule has 3 atom stereocenters. The van der Waals surface area contributed by atoms with Crippen molar-refractivity contribution < 1.29 is 14.3 Å². The van der Waals surface area contributed by atoms with Crippen LogP contribution in [0.4, 0.5) is 0 Å². The summed E-state index contributed by atoms with van der Waals surface area (Å²) in [5.41, 5.74) is -0.633. The number of hydrogen-bond acceptors (Lipinski definition) is 4. The van der Waals surface area contributed by atoms with E-state index in [4.69, 9.17) is 9.47 Å². The smallest absolute Gasteiger partial charge is 0.280 e. The number of hydrogen-bond donors (Lipinski definition) is 0. The molecule has 26 heavy (non-hydrogen) atoms. The Kier molecular flexibility index (Phi) is 4.33. The second kappa shape index (κ2) is 6.57. The first-order chi connectivity index (χ1) is 12.6. The van der Waals surface area contributed by atoms with Crippen molar-refractivity contribution in [3.05, 3.63) is 15.9 Å². The highest BCUT2D eigenvalue weighted by atomic mass is 32.1. The minimum atomic E-state index is -0.633. The number of carbonyl (C=O) groups is 1. The monoisotopic (exact) mass is 376 g/mol. The Morgan fingerprint density at radius 3 is 2.81 bits per heavy atom. The molecule has 6 heteroatoms. The van der Waals surface area contributed by atoms with Gasteiger partial charge in [0, 0.05) is 17.7 Å². The first-order valence-corrected chi connectivity index (χ1v) is 11.0. The van der Waals surface area contributed by atoms with Crippen LogP contribution >= 0.6 is 11.3 Å². The van der Waals surface area contributed by atoms with Crippen LogP contribution in [-0.4, -0.2) is 34.9 Å². The zero-order valence-electron chi connectivity index (χ0n) is 15.5. The number of thiazole rings is 1. The van der Waals surface area contributed by atoms with Crippen LogP contribution in [0.25, 0.3) is 0 Å². The van der Waals surface area contributed by atoms with Gasteiger partial charge in [-0.15, -0.1) is 11.3 Å². The van der Waals surface area contributed by atoms with Gasteiger partial charge in [0.05, 0.1) is 18.8 Å². The molecule has 4 heterocycles. The van der Waals surface area contributed by atoms with Crippen LogP contribution < -0.4 is 4.80 Å². The molecule has 4 bridgehead atoms. The van der Waals surface area contributed by atoms with Gasteiger partial charge in [0.25, 0.3) is 5.91 Å². The maximum atomic E-state index is 13.2. The predicted molar refractivity (Wildman–Crippen MR) is 98.9 cm³/mol. The number of carbonyl (C=O) groups excluding carboxylic acids is 1. The molecular formula is C20H28N2O3S. The Hall–Kier alpha value is -0.980. The van der Waals surface area contributed by atoms with Gasteiger partial charge in [-0.1, -0.05) is 0 Å². The number of rotatable bonds is 3. The molecule has 2 saturated carbocycles. The molecule has 1 amide bonds. The first-order valence-electron chi connectivity index (χ1n) is 10.2. The summed E-state index contributed by atoms with van der Waals surface area (Å²) >= 11 is 1.60. The lowest BCUT2D eigenvalue weighted by atomic mass is 9.62. The molecule has 0 aromatic carbocycles. The summed E-state index contributed by atoms with van der Waals surface area (Å²) in [6.45, 7) is 3.71. The van der Waals surface area contributed by atoms with Gasteiger partial charge < -0.3 is 14.0 Å². The normalized spacial score (nSPS) is 39.5. The van der Waals surface area contributed by atoms with E-state index in [0.717, 1.165) is 56.5 Å². The van der Waals surface area contributed by atoms with Crippen LogP contribution in [0.2, 0.25) is 0 Å². The molecule has 3 aliphatic heterocycles. The standard InChI is InChI=1S/C20H28N2O3S/c1-13-11-22(12-16-4-2-3-5-24-16)19(26-13)21-18(23)20-9-14-6-15(10-20)8-17(7-14)25-20/h11,14-17H,2-10,12H2,1H3. The Morgan fingerprint density at radius 1 is 1.31 bits per heavy atom. The Morgan fingerprint density at radius 2 is 2.12 bits per heavy atom. The van der Waals surface area contributed by atoms with E-state index in [1.54, 1.807) is 11.3 Å². The van der Waals surface area contributed by atoms with Crippen LogP contribution in [0, 0.1) is 18.8 Å².